The fourth-order valence-corrected chi connectivity index (χ4v) is 3.09. The maximum atomic E-state index is 6.16. The molecule has 1 fully saturated rings. The second-order valence-electron chi connectivity index (χ2n) is 6.00. The lowest BCUT2D eigenvalue weighted by Crippen LogP contribution is -2.44. The summed E-state index contributed by atoms with van der Waals surface area (Å²) in [7, 11) is 3.40. The molecule has 0 aromatic heterocycles. The summed E-state index contributed by atoms with van der Waals surface area (Å²) in [5.74, 6) is 1.72. The van der Waals surface area contributed by atoms with Gasteiger partial charge in [0.1, 0.15) is 5.75 Å². The van der Waals surface area contributed by atoms with Gasteiger partial charge in [0.05, 0.1) is 12.8 Å². The third kappa shape index (κ3) is 5.97. The molecule has 0 amide bonds. The lowest BCUT2D eigenvalue weighted by atomic mass is 10.2. The van der Waals surface area contributed by atoms with Crippen molar-refractivity contribution < 1.29 is 9.47 Å². The molecule has 7 heteroatoms. The fraction of sp³-hybridized carbons (Fsp3) is 0.611. The number of benzene rings is 1. The van der Waals surface area contributed by atoms with Crippen molar-refractivity contribution in [3.05, 3.63) is 23.2 Å². The maximum absolute atomic E-state index is 6.16. The quantitative estimate of drug-likeness (QED) is 0.419. The van der Waals surface area contributed by atoms with E-state index in [0.717, 1.165) is 68.0 Å². The number of hydrogen-bond donors (Lipinski definition) is 2. The lowest BCUT2D eigenvalue weighted by Gasteiger charge is -2.22. The molecule has 1 unspecified atom stereocenters. The summed E-state index contributed by atoms with van der Waals surface area (Å²) in [6, 6.07) is 6.07. The van der Waals surface area contributed by atoms with Gasteiger partial charge < -0.3 is 25.0 Å². The van der Waals surface area contributed by atoms with Gasteiger partial charge >= 0.3 is 0 Å². The molecule has 25 heavy (non-hydrogen) atoms. The molecular weight excluding hydrogens is 340 g/mol. The zero-order chi connectivity index (χ0) is 18.1. The van der Waals surface area contributed by atoms with E-state index < -0.39 is 0 Å². The molecule has 2 rings (SSSR count). The molecular formula is C18H29ClN4O2. The summed E-state index contributed by atoms with van der Waals surface area (Å²) in [6.45, 7) is 6.24. The number of anilines is 1. The predicted octanol–water partition coefficient (Wildman–Crippen LogP) is 2.52. The van der Waals surface area contributed by atoms with Crippen LogP contribution in [0.25, 0.3) is 0 Å². The molecule has 1 aromatic carbocycles. The van der Waals surface area contributed by atoms with Crippen molar-refractivity contribution in [3.63, 3.8) is 0 Å². The molecule has 6 nitrogen and oxygen atoms in total. The van der Waals surface area contributed by atoms with Crippen molar-refractivity contribution in [2.45, 2.75) is 25.8 Å². The normalized spacial score (nSPS) is 17.7. The number of nitrogens with zero attached hydrogens (tertiary/aromatic N) is 2. The van der Waals surface area contributed by atoms with E-state index in [2.05, 4.69) is 27.4 Å². The number of rotatable bonds is 8. The molecule has 0 radical (unpaired) electrons. The lowest BCUT2D eigenvalue weighted by molar-refractivity contribution is 0.197. The van der Waals surface area contributed by atoms with E-state index in [1.807, 2.05) is 18.2 Å². The first-order chi connectivity index (χ1) is 12.2. The molecule has 140 valence electrons. The third-order valence-electron chi connectivity index (χ3n) is 4.13. The van der Waals surface area contributed by atoms with Crippen LogP contribution in [-0.2, 0) is 4.74 Å². The van der Waals surface area contributed by atoms with Crippen LogP contribution >= 0.6 is 11.6 Å². The van der Waals surface area contributed by atoms with Crippen LogP contribution in [0.2, 0.25) is 5.02 Å². The summed E-state index contributed by atoms with van der Waals surface area (Å²) in [6.07, 6.45) is 1.96. The van der Waals surface area contributed by atoms with Gasteiger partial charge in [-0.25, -0.2) is 0 Å². The Morgan fingerprint density at radius 3 is 2.96 bits per heavy atom. The van der Waals surface area contributed by atoms with Crippen LogP contribution in [0, 0.1) is 0 Å². The molecule has 0 spiro atoms. The van der Waals surface area contributed by atoms with Gasteiger partial charge in [-0.3, -0.25) is 4.99 Å². The van der Waals surface area contributed by atoms with Crippen LogP contribution in [0.15, 0.2) is 23.2 Å². The van der Waals surface area contributed by atoms with Crippen molar-refractivity contribution in [2.24, 2.45) is 4.99 Å². The Labute approximate surface area is 155 Å². The Hall–Kier alpha value is -1.66. The summed E-state index contributed by atoms with van der Waals surface area (Å²) < 4.78 is 10.5. The second-order valence-corrected chi connectivity index (χ2v) is 6.44. The first kappa shape index (κ1) is 19.7. The average molecular weight is 369 g/mol. The van der Waals surface area contributed by atoms with E-state index in [4.69, 9.17) is 21.1 Å². The van der Waals surface area contributed by atoms with Crippen LogP contribution in [-0.4, -0.2) is 59.0 Å². The molecule has 2 N–H and O–H groups in total. The molecule has 1 aliphatic heterocycles. The van der Waals surface area contributed by atoms with Gasteiger partial charge in [-0.05, 0) is 38.0 Å². The minimum Gasteiger partial charge on any atom is -0.495 e. The highest BCUT2D eigenvalue weighted by Crippen LogP contribution is 2.33. The van der Waals surface area contributed by atoms with E-state index in [-0.39, 0.29) is 0 Å². The Morgan fingerprint density at radius 1 is 1.40 bits per heavy atom. The van der Waals surface area contributed by atoms with E-state index in [9.17, 15) is 0 Å². The van der Waals surface area contributed by atoms with Crippen molar-refractivity contribution in [2.75, 3.05) is 51.9 Å². The monoisotopic (exact) mass is 368 g/mol. The third-order valence-corrected chi connectivity index (χ3v) is 4.37. The molecule has 1 atom stereocenters. The zero-order valence-corrected chi connectivity index (χ0v) is 16.1. The van der Waals surface area contributed by atoms with Crippen molar-refractivity contribution in [1.29, 1.82) is 0 Å². The number of aliphatic imine (C=N–C) groups is 1. The Morgan fingerprint density at radius 2 is 2.24 bits per heavy atom. The van der Waals surface area contributed by atoms with Crippen LogP contribution < -0.4 is 20.3 Å². The first-order valence-electron chi connectivity index (χ1n) is 8.80. The number of guanidine groups is 1. The molecule has 1 saturated heterocycles. The highest BCUT2D eigenvalue weighted by Gasteiger charge is 2.25. The number of ether oxygens (including phenoxy) is 2. The highest BCUT2D eigenvalue weighted by atomic mass is 35.5. The van der Waals surface area contributed by atoms with Gasteiger partial charge in [-0.1, -0.05) is 11.6 Å². The molecule has 1 aromatic rings. The number of methoxy groups -OCH3 is 2. The molecule has 0 bridgehead atoms. The Kier molecular flexibility index (Phi) is 8.15. The van der Waals surface area contributed by atoms with E-state index in [0.29, 0.717) is 6.04 Å². The Balaban J connectivity index is 1.95. The SMILES string of the molecule is CCNC(=NCCCOC)NC1CCN(c2cc(Cl)ccc2OC)C1. The molecule has 0 aliphatic carbocycles. The highest BCUT2D eigenvalue weighted by molar-refractivity contribution is 6.30. The zero-order valence-electron chi connectivity index (χ0n) is 15.3. The van der Waals surface area contributed by atoms with E-state index >= 15 is 0 Å². The number of nitrogens with one attached hydrogen (secondary N) is 2. The average Bonchev–Trinajstić information content (AvgIpc) is 3.07. The first-order valence-corrected chi connectivity index (χ1v) is 9.18. The predicted molar refractivity (Wildman–Crippen MR) is 104 cm³/mol. The minimum absolute atomic E-state index is 0.337. The van der Waals surface area contributed by atoms with Crippen molar-refractivity contribution in [3.8, 4) is 5.75 Å². The summed E-state index contributed by atoms with van der Waals surface area (Å²) in [5.41, 5.74) is 1.04. The van der Waals surface area contributed by atoms with Crippen molar-refractivity contribution >= 4 is 23.2 Å². The van der Waals surface area contributed by atoms with Crippen LogP contribution in [0.1, 0.15) is 19.8 Å². The minimum atomic E-state index is 0.337. The number of hydrogen-bond acceptors (Lipinski definition) is 4. The number of halogens is 1. The Bertz CT molecular complexity index is 568. The van der Waals surface area contributed by atoms with Gasteiger partial charge in [-0.2, -0.15) is 0 Å². The summed E-state index contributed by atoms with van der Waals surface area (Å²) >= 11 is 6.16. The standard InChI is InChI=1S/C18H29ClN4O2/c1-4-20-18(21-9-5-11-24-2)22-15-8-10-23(13-15)16-12-14(19)6-7-17(16)25-3/h6-7,12,15H,4-5,8-11,13H2,1-3H3,(H2,20,21,22). The summed E-state index contributed by atoms with van der Waals surface area (Å²) in [5, 5.41) is 7.56. The van der Waals surface area contributed by atoms with Gasteiger partial charge in [-0.15, -0.1) is 0 Å². The second kappa shape index (κ2) is 10.4. The molecule has 1 aliphatic rings. The smallest absolute Gasteiger partial charge is 0.191 e. The van der Waals surface area contributed by atoms with Crippen LogP contribution in [0.3, 0.4) is 0 Å². The van der Waals surface area contributed by atoms with Gasteiger partial charge in [0.15, 0.2) is 5.96 Å². The maximum Gasteiger partial charge on any atom is 0.191 e. The topological polar surface area (TPSA) is 58.1 Å². The van der Waals surface area contributed by atoms with E-state index in [1.54, 1.807) is 14.2 Å². The van der Waals surface area contributed by atoms with Gasteiger partial charge in [0.2, 0.25) is 0 Å². The molecule has 0 saturated carbocycles. The summed E-state index contributed by atoms with van der Waals surface area (Å²) in [4.78, 5) is 6.91. The fourth-order valence-electron chi connectivity index (χ4n) is 2.92. The van der Waals surface area contributed by atoms with Gasteiger partial charge in [0.25, 0.3) is 0 Å². The van der Waals surface area contributed by atoms with Gasteiger partial charge in [0, 0.05) is 51.0 Å². The van der Waals surface area contributed by atoms with Crippen molar-refractivity contribution in [1.82, 2.24) is 10.6 Å². The largest absolute Gasteiger partial charge is 0.495 e. The van der Waals surface area contributed by atoms with Crippen LogP contribution in [0.5, 0.6) is 5.75 Å². The molecule has 1 heterocycles. The van der Waals surface area contributed by atoms with E-state index in [1.165, 1.54) is 0 Å². The van der Waals surface area contributed by atoms with Crippen LogP contribution in [0.4, 0.5) is 5.69 Å².